The highest BCUT2D eigenvalue weighted by Gasteiger charge is 2.07. The maximum absolute atomic E-state index is 5.66. The first-order valence-electron chi connectivity index (χ1n) is 5.76. The Morgan fingerprint density at radius 3 is 2.78 bits per heavy atom. The number of hydrogen-bond donors (Lipinski definition) is 1. The minimum absolute atomic E-state index is 0.550. The highest BCUT2D eigenvalue weighted by Crippen LogP contribution is 2.25. The Morgan fingerprint density at radius 2 is 2.11 bits per heavy atom. The molecule has 4 heteroatoms. The van der Waals surface area contributed by atoms with E-state index < -0.39 is 0 Å². The summed E-state index contributed by atoms with van der Waals surface area (Å²) in [5.41, 5.74) is 9.04. The standard InChI is InChI=1S/C14H16BrN3/c1-10-6-14(17-9-13(10)15)18(2)12-5-3-4-11(7-12)8-16/h3-7,9H,8,16H2,1-2H3. The van der Waals surface area contributed by atoms with Crippen LogP contribution in [0, 0.1) is 6.92 Å². The second kappa shape index (κ2) is 5.50. The first-order chi connectivity index (χ1) is 8.61. The Bertz CT molecular complexity index is 554. The molecule has 0 unspecified atom stereocenters. The normalized spacial score (nSPS) is 10.4. The van der Waals surface area contributed by atoms with Gasteiger partial charge in [0.2, 0.25) is 0 Å². The summed E-state index contributed by atoms with van der Waals surface area (Å²) in [6.07, 6.45) is 1.83. The molecule has 2 aromatic rings. The molecule has 0 aliphatic heterocycles. The van der Waals surface area contributed by atoms with Crippen molar-refractivity contribution in [3.63, 3.8) is 0 Å². The number of halogens is 1. The fraction of sp³-hybridized carbons (Fsp3) is 0.214. The van der Waals surface area contributed by atoms with Crippen molar-refractivity contribution in [2.24, 2.45) is 5.73 Å². The van der Waals surface area contributed by atoms with Gasteiger partial charge in [-0.1, -0.05) is 12.1 Å². The van der Waals surface area contributed by atoms with E-state index in [9.17, 15) is 0 Å². The van der Waals surface area contributed by atoms with Crippen LogP contribution in [-0.2, 0) is 6.54 Å². The van der Waals surface area contributed by atoms with E-state index in [1.807, 2.05) is 25.4 Å². The van der Waals surface area contributed by atoms with Gasteiger partial charge in [-0.25, -0.2) is 4.98 Å². The van der Waals surface area contributed by atoms with E-state index in [1.54, 1.807) is 0 Å². The Labute approximate surface area is 116 Å². The largest absolute Gasteiger partial charge is 0.329 e. The van der Waals surface area contributed by atoms with Crippen molar-refractivity contribution in [3.05, 3.63) is 52.1 Å². The Hall–Kier alpha value is -1.39. The summed E-state index contributed by atoms with van der Waals surface area (Å²) in [5.74, 6) is 0.921. The van der Waals surface area contributed by atoms with Crippen LogP contribution < -0.4 is 10.6 Å². The van der Waals surface area contributed by atoms with Crippen molar-refractivity contribution in [1.29, 1.82) is 0 Å². The number of aromatic nitrogens is 1. The summed E-state index contributed by atoms with van der Waals surface area (Å²) in [6, 6.07) is 10.2. The van der Waals surface area contributed by atoms with Gasteiger partial charge >= 0.3 is 0 Å². The number of pyridine rings is 1. The molecule has 0 bridgehead atoms. The average Bonchev–Trinajstić information content (AvgIpc) is 2.41. The maximum Gasteiger partial charge on any atom is 0.132 e. The van der Waals surface area contributed by atoms with E-state index >= 15 is 0 Å². The highest BCUT2D eigenvalue weighted by atomic mass is 79.9. The molecule has 2 N–H and O–H groups in total. The molecule has 1 aromatic heterocycles. The second-order valence-electron chi connectivity index (χ2n) is 4.22. The third-order valence-electron chi connectivity index (χ3n) is 2.91. The van der Waals surface area contributed by atoms with Gasteiger partial charge in [0.25, 0.3) is 0 Å². The summed E-state index contributed by atoms with van der Waals surface area (Å²) in [4.78, 5) is 6.47. The van der Waals surface area contributed by atoms with Crippen LogP contribution in [0.15, 0.2) is 41.0 Å². The second-order valence-corrected chi connectivity index (χ2v) is 5.08. The quantitative estimate of drug-likeness (QED) is 0.945. The van der Waals surface area contributed by atoms with Crippen molar-refractivity contribution in [2.75, 3.05) is 11.9 Å². The van der Waals surface area contributed by atoms with Gasteiger partial charge in [0.05, 0.1) is 0 Å². The Kier molecular flexibility index (Phi) is 3.99. The molecule has 0 amide bonds. The SMILES string of the molecule is Cc1cc(N(C)c2cccc(CN)c2)ncc1Br. The maximum atomic E-state index is 5.66. The zero-order chi connectivity index (χ0) is 13.1. The Morgan fingerprint density at radius 1 is 1.33 bits per heavy atom. The van der Waals surface area contributed by atoms with Crippen LogP contribution in [0.25, 0.3) is 0 Å². The number of benzene rings is 1. The third-order valence-corrected chi connectivity index (χ3v) is 3.74. The summed E-state index contributed by atoms with van der Waals surface area (Å²) in [6.45, 7) is 2.61. The fourth-order valence-corrected chi connectivity index (χ4v) is 1.95. The van der Waals surface area contributed by atoms with Gasteiger partial charge in [0.1, 0.15) is 5.82 Å². The van der Waals surface area contributed by atoms with E-state index in [0.717, 1.165) is 21.5 Å². The molecule has 0 aliphatic rings. The molecule has 0 radical (unpaired) electrons. The van der Waals surface area contributed by atoms with E-state index in [2.05, 4.69) is 50.9 Å². The van der Waals surface area contributed by atoms with Crippen molar-refractivity contribution >= 4 is 27.4 Å². The minimum Gasteiger partial charge on any atom is -0.329 e. The van der Waals surface area contributed by atoms with Crippen LogP contribution in [0.3, 0.4) is 0 Å². The van der Waals surface area contributed by atoms with Crippen molar-refractivity contribution in [3.8, 4) is 0 Å². The Balaban J connectivity index is 2.34. The van der Waals surface area contributed by atoms with Gasteiger partial charge in [-0.2, -0.15) is 0 Å². The predicted octanol–water partition coefficient (Wildman–Crippen LogP) is 3.38. The van der Waals surface area contributed by atoms with E-state index in [0.29, 0.717) is 6.54 Å². The van der Waals surface area contributed by atoms with Gasteiger partial charge in [-0.3, -0.25) is 0 Å². The number of nitrogens with zero attached hydrogens (tertiary/aromatic N) is 2. The molecule has 0 spiro atoms. The molecule has 0 atom stereocenters. The van der Waals surface area contributed by atoms with Gasteiger partial charge in [-0.05, 0) is 52.2 Å². The van der Waals surface area contributed by atoms with Crippen molar-refractivity contribution in [1.82, 2.24) is 4.98 Å². The average molecular weight is 306 g/mol. The predicted molar refractivity (Wildman–Crippen MR) is 79.1 cm³/mol. The molecule has 18 heavy (non-hydrogen) atoms. The smallest absolute Gasteiger partial charge is 0.132 e. The molecular formula is C14H16BrN3. The van der Waals surface area contributed by atoms with Crippen LogP contribution in [0.1, 0.15) is 11.1 Å². The molecule has 94 valence electrons. The van der Waals surface area contributed by atoms with Crippen LogP contribution in [-0.4, -0.2) is 12.0 Å². The zero-order valence-electron chi connectivity index (χ0n) is 10.5. The lowest BCUT2D eigenvalue weighted by molar-refractivity contribution is 1.06. The molecule has 1 aromatic carbocycles. The molecule has 0 aliphatic carbocycles. The molecule has 0 saturated carbocycles. The summed E-state index contributed by atoms with van der Waals surface area (Å²) < 4.78 is 1.02. The van der Waals surface area contributed by atoms with E-state index in [-0.39, 0.29) is 0 Å². The van der Waals surface area contributed by atoms with Gasteiger partial charge in [0.15, 0.2) is 0 Å². The number of anilines is 2. The first-order valence-corrected chi connectivity index (χ1v) is 6.56. The molecule has 1 heterocycles. The molecule has 2 rings (SSSR count). The third kappa shape index (κ3) is 2.71. The molecule has 0 saturated heterocycles. The zero-order valence-corrected chi connectivity index (χ0v) is 12.1. The van der Waals surface area contributed by atoms with Crippen LogP contribution in [0.5, 0.6) is 0 Å². The molecule has 0 fully saturated rings. The highest BCUT2D eigenvalue weighted by molar-refractivity contribution is 9.10. The minimum atomic E-state index is 0.550. The van der Waals surface area contributed by atoms with Crippen molar-refractivity contribution in [2.45, 2.75) is 13.5 Å². The number of aryl methyl sites for hydroxylation is 1. The van der Waals surface area contributed by atoms with Crippen LogP contribution >= 0.6 is 15.9 Å². The van der Waals surface area contributed by atoms with Crippen molar-refractivity contribution < 1.29 is 0 Å². The summed E-state index contributed by atoms with van der Waals surface area (Å²) in [7, 11) is 2.01. The van der Waals surface area contributed by atoms with Gasteiger partial charge in [0, 0.05) is 29.9 Å². The number of nitrogens with two attached hydrogens (primary N) is 1. The van der Waals surface area contributed by atoms with Crippen LogP contribution in [0.2, 0.25) is 0 Å². The lowest BCUT2D eigenvalue weighted by Gasteiger charge is -2.19. The van der Waals surface area contributed by atoms with E-state index in [1.165, 1.54) is 5.56 Å². The monoisotopic (exact) mass is 305 g/mol. The fourth-order valence-electron chi connectivity index (χ4n) is 1.73. The van der Waals surface area contributed by atoms with E-state index in [4.69, 9.17) is 5.73 Å². The summed E-state index contributed by atoms with van der Waals surface area (Å²) in [5, 5.41) is 0. The first kappa shape index (κ1) is 13.1. The molecular weight excluding hydrogens is 290 g/mol. The lowest BCUT2D eigenvalue weighted by Crippen LogP contribution is -2.12. The topological polar surface area (TPSA) is 42.1 Å². The van der Waals surface area contributed by atoms with Gasteiger partial charge < -0.3 is 10.6 Å². The summed E-state index contributed by atoms with van der Waals surface area (Å²) >= 11 is 3.46. The molecule has 3 nitrogen and oxygen atoms in total. The number of hydrogen-bond acceptors (Lipinski definition) is 3. The lowest BCUT2D eigenvalue weighted by atomic mass is 10.2. The van der Waals surface area contributed by atoms with Crippen LogP contribution in [0.4, 0.5) is 11.5 Å². The van der Waals surface area contributed by atoms with Gasteiger partial charge in [-0.15, -0.1) is 0 Å². The number of rotatable bonds is 3.